The summed E-state index contributed by atoms with van der Waals surface area (Å²) in [5.41, 5.74) is 5.76. The van der Waals surface area contributed by atoms with Crippen molar-refractivity contribution in [2.45, 2.75) is 38.1 Å². The third-order valence-electron chi connectivity index (χ3n) is 3.91. The Labute approximate surface area is 128 Å². The molecule has 0 aliphatic heterocycles. The molecule has 2 aromatic rings. The van der Waals surface area contributed by atoms with Gasteiger partial charge in [-0.05, 0) is 61.4 Å². The highest BCUT2D eigenvalue weighted by Gasteiger charge is 2.18. The molecule has 0 bridgehead atoms. The Bertz CT molecular complexity index is 553. The number of aryl methyl sites for hydroxylation is 2. The predicted octanol–water partition coefficient (Wildman–Crippen LogP) is 4.03. The van der Waals surface area contributed by atoms with Crippen molar-refractivity contribution in [1.82, 2.24) is 5.43 Å². The average molecular weight is 307 g/mol. The zero-order chi connectivity index (χ0) is 13.9. The number of thiophene rings is 1. The number of nitrogens with two attached hydrogens (primary N) is 1. The number of halogens is 1. The first-order valence-corrected chi connectivity index (χ1v) is 8.28. The standard InChI is InChI=1S/C16H19ClN2S/c17-13-7-5-11(6-8-13)9-14(19-18)16-10-12-3-1-2-4-15(12)20-16/h5-8,10,14,19H,1-4,9,18H2. The highest BCUT2D eigenvalue weighted by atomic mass is 35.5. The van der Waals surface area contributed by atoms with Crippen molar-refractivity contribution >= 4 is 22.9 Å². The lowest BCUT2D eigenvalue weighted by molar-refractivity contribution is 0.560. The number of fused-ring (bicyclic) bond motifs is 1. The monoisotopic (exact) mass is 306 g/mol. The van der Waals surface area contributed by atoms with Gasteiger partial charge in [0.2, 0.25) is 0 Å². The zero-order valence-corrected chi connectivity index (χ0v) is 12.9. The SMILES string of the molecule is NNC(Cc1ccc(Cl)cc1)c1cc2c(s1)CCCC2. The fraction of sp³-hybridized carbons (Fsp3) is 0.375. The summed E-state index contributed by atoms with van der Waals surface area (Å²) in [6, 6.07) is 10.5. The van der Waals surface area contributed by atoms with Gasteiger partial charge in [-0.3, -0.25) is 11.3 Å². The molecule has 1 aromatic carbocycles. The van der Waals surface area contributed by atoms with E-state index in [1.165, 1.54) is 41.7 Å². The van der Waals surface area contributed by atoms with Crippen molar-refractivity contribution in [3.8, 4) is 0 Å². The van der Waals surface area contributed by atoms with Crippen LogP contribution in [0.5, 0.6) is 0 Å². The Morgan fingerprint density at radius 3 is 2.65 bits per heavy atom. The molecule has 2 nitrogen and oxygen atoms in total. The van der Waals surface area contributed by atoms with Crippen LogP contribution < -0.4 is 11.3 Å². The second kappa shape index (κ2) is 6.27. The molecule has 106 valence electrons. The Hall–Kier alpha value is -0.870. The van der Waals surface area contributed by atoms with Crippen molar-refractivity contribution in [3.05, 3.63) is 56.2 Å². The summed E-state index contributed by atoms with van der Waals surface area (Å²) in [5.74, 6) is 5.77. The van der Waals surface area contributed by atoms with Gasteiger partial charge in [0.15, 0.2) is 0 Å². The largest absolute Gasteiger partial charge is 0.271 e. The van der Waals surface area contributed by atoms with Crippen LogP contribution in [0.1, 0.15) is 39.8 Å². The molecule has 0 amide bonds. The lowest BCUT2D eigenvalue weighted by atomic mass is 9.98. The van der Waals surface area contributed by atoms with E-state index in [0.29, 0.717) is 0 Å². The molecule has 3 N–H and O–H groups in total. The summed E-state index contributed by atoms with van der Waals surface area (Å²) >= 11 is 7.85. The molecule has 0 saturated heterocycles. The van der Waals surface area contributed by atoms with E-state index in [-0.39, 0.29) is 6.04 Å². The van der Waals surface area contributed by atoms with Crippen LogP contribution in [-0.2, 0) is 19.3 Å². The van der Waals surface area contributed by atoms with E-state index in [9.17, 15) is 0 Å². The van der Waals surface area contributed by atoms with E-state index in [2.05, 4.69) is 23.6 Å². The van der Waals surface area contributed by atoms with Gasteiger partial charge in [-0.15, -0.1) is 11.3 Å². The van der Waals surface area contributed by atoms with E-state index in [0.717, 1.165) is 11.4 Å². The summed E-state index contributed by atoms with van der Waals surface area (Å²) in [6.07, 6.45) is 6.00. The quantitative estimate of drug-likeness (QED) is 0.661. The highest BCUT2D eigenvalue weighted by molar-refractivity contribution is 7.12. The highest BCUT2D eigenvalue weighted by Crippen LogP contribution is 2.33. The molecule has 3 rings (SSSR count). The maximum Gasteiger partial charge on any atom is 0.0593 e. The average Bonchev–Trinajstić information content (AvgIpc) is 2.90. The molecular weight excluding hydrogens is 288 g/mol. The minimum absolute atomic E-state index is 0.187. The van der Waals surface area contributed by atoms with Crippen LogP contribution in [0.2, 0.25) is 5.02 Å². The van der Waals surface area contributed by atoms with E-state index < -0.39 is 0 Å². The molecule has 1 aliphatic rings. The first-order chi connectivity index (χ1) is 9.76. The number of hydrogen-bond acceptors (Lipinski definition) is 3. The molecule has 1 atom stereocenters. The Kier molecular flexibility index (Phi) is 4.41. The molecule has 1 heterocycles. The van der Waals surface area contributed by atoms with Crippen molar-refractivity contribution in [2.75, 3.05) is 0 Å². The minimum atomic E-state index is 0.187. The smallest absolute Gasteiger partial charge is 0.0593 e. The molecule has 0 saturated carbocycles. The van der Waals surface area contributed by atoms with Gasteiger partial charge >= 0.3 is 0 Å². The molecule has 0 spiro atoms. The molecule has 0 radical (unpaired) electrons. The third-order valence-corrected chi connectivity index (χ3v) is 5.52. The first-order valence-electron chi connectivity index (χ1n) is 7.08. The van der Waals surface area contributed by atoms with Crippen LogP contribution in [-0.4, -0.2) is 0 Å². The molecule has 1 unspecified atom stereocenters. The number of hydrogen-bond donors (Lipinski definition) is 2. The fourth-order valence-corrected chi connectivity index (χ4v) is 4.23. The normalized spacial score (nSPS) is 15.9. The Morgan fingerprint density at radius 2 is 1.95 bits per heavy atom. The van der Waals surface area contributed by atoms with Crippen molar-refractivity contribution in [2.24, 2.45) is 5.84 Å². The maximum absolute atomic E-state index is 5.93. The second-order valence-electron chi connectivity index (χ2n) is 5.35. The first kappa shape index (κ1) is 14.1. The van der Waals surface area contributed by atoms with Gasteiger partial charge in [-0.1, -0.05) is 23.7 Å². The van der Waals surface area contributed by atoms with Gasteiger partial charge in [0.05, 0.1) is 6.04 Å². The van der Waals surface area contributed by atoms with Gasteiger partial charge < -0.3 is 0 Å². The predicted molar refractivity (Wildman–Crippen MR) is 86.2 cm³/mol. The summed E-state index contributed by atoms with van der Waals surface area (Å²) in [4.78, 5) is 2.91. The number of rotatable bonds is 4. The molecular formula is C16H19ClN2S. The lowest BCUT2D eigenvalue weighted by Gasteiger charge is -2.14. The third kappa shape index (κ3) is 3.07. The van der Waals surface area contributed by atoms with Crippen molar-refractivity contribution in [3.63, 3.8) is 0 Å². The second-order valence-corrected chi connectivity index (χ2v) is 6.96. The number of hydrazine groups is 1. The summed E-state index contributed by atoms with van der Waals surface area (Å²) in [7, 11) is 0. The fourth-order valence-electron chi connectivity index (χ4n) is 2.78. The maximum atomic E-state index is 5.93. The van der Waals surface area contributed by atoms with Crippen LogP contribution in [0.15, 0.2) is 30.3 Å². The van der Waals surface area contributed by atoms with E-state index in [1.54, 1.807) is 4.88 Å². The van der Waals surface area contributed by atoms with Gasteiger partial charge in [0, 0.05) is 14.8 Å². The topological polar surface area (TPSA) is 38.0 Å². The molecule has 0 fully saturated rings. The minimum Gasteiger partial charge on any atom is -0.271 e. The summed E-state index contributed by atoms with van der Waals surface area (Å²) in [6.45, 7) is 0. The molecule has 20 heavy (non-hydrogen) atoms. The summed E-state index contributed by atoms with van der Waals surface area (Å²) in [5, 5.41) is 0.776. The number of nitrogens with one attached hydrogen (secondary N) is 1. The van der Waals surface area contributed by atoms with Gasteiger partial charge in [0.25, 0.3) is 0 Å². The van der Waals surface area contributed by atoms with Gasteiger partial charge in [-0.25, -0.2) is 0 Å². The van der Waals surface area contributed by atoms with E-state index >= 15 is 0 Å². The van der Waals surface area contributed by atoms with Crippen LogP contribution in [0, 0.1) is 0 Å². The molecule has 1 aromatic heterocycles. The Balaban J connectivity index is 1.79. The van der Waals surface area contributed by atoms with Crippen molar-refractivity contribution in [1.29, 1.82) is 0 Å². The van der Waals surface area contributed by atoms with Crippen molar-refractivity contribution < 1.29 is 0 Å². The Morgan fingerprint density at radius 1 is 1.20 bits per heavy atom. The van der Waals surface area contributed by atoms with Crippen LogP contribution in [0.4, 0.5) is 0 Å². The van der Waals surface area contributed by atoms with Crippen LogP contribution in [0.25, 0.3) is 0 Å². The van der Waals surface area contributed by atoms with E-state index in [1.807, 2.05) is 23.5 Å². The zero-order valence-electron chi connectivity index (χ0n) is 11.4. The van der Waals surface area contributed by atoms with Crippen LogP contribution >= 0.6 is 22.9 Å². The van der Waals surface area contributed by atoms with Crippen LogP contribution in [0.3, 0.4) is 0 Å². The van der Waals surface area contributed by atoms with Gasteiger partial charge in [-0.2, -0.15) is 0 Å². The van der Waals surface area contributed by atoms with Gasteiger partial charge in [0.1, 0.15) is 0 Å². The summed E-state index contributed by atoms with van der Waals surface area (Å²) < 4.78 is 0. The lowest BCUT2D eigenvalue weighted by Crippen LogP contribution is -2.28. The molecule has 1 aliphatic carbocycles. The van der Waals surface area contributed by atoms with E-state index in [4.69, 9.17) is 17.4 Å². The number of benzene rings is 1. The molecule has 4 heteroatoms.